The molecule has 0 aliphatic carbocycles. The fourth-order valence-electron chi connectivity index (χ4n) is 3.54. The van der Waals surface area contributed by atoms with Gasteiger partial charge < -0.3 is 24.6 Å². The largest absolute Gasteiger partial charge is 0.493 e. The summed E-state index contributed by atoms with van der Waals surface area (Å²) >= 11 is 0. The molecular weight excluding hydrogens is 401 g/mol. The number of aryl methyl sites for hydroxylation is 1. The number of fused-ring (bicyclic) bond motifs is 1. The summed E-state index contributed by atoms with van der Waals surface area (Å²) in [4.78, 5) is 14.4. The van der Waals surface area contributed by atoms with Crippen molar-refractivity contribution >= 4 is 5.91 Å². The summed E-state index contributed by atoms with van der Waals surface area (Å²) in [6, 6.07) is 13.4. The van der Waals surface area contributed by atoms with Crippen LogP contribution in [0, 0.1) is 5.82 Å². The third-order valence-corrected chi connectivity index (χ3v) is 5.40. The number of rotatable bonds is 4. The zero-order valence-electron chi connectivity index (χ0n) is 17.6. The number of halogens is 1. The fraction of sp³-hybridized carbons (Fsp3) is 0.458. The molecule has 0 aromatic heterocycles. The first kappa shape index (κ1) is 23.0. The molecule has 0 bridgehead atoms. The summed E-state index contributed by atoms with van der Waals surface area (Å²) in [5.41, 5.74) is 1.05. The SMILES string of the molecule is O=C(CCOc1ccc(F)cc1)N1CCCCc2ccccc2OC[C@@H](O)[C@@H](O)CC1. The maximum Gasteiger partial charge on any atom is 0.225 e. The van der Waals surface area contributed by atoms with Crippen LogP contribution in [0.5, 0.6) is 11.5 Å². The molecule has 0 unspecified atom stereocenters. The molecule has 7 heteroatoms. The Bertz CT molecular complexity index is 829. The highest BCUT2D eigenvalue weighted by Crippen LogP contribution is 2.21. The number of hydrogen-bond acceptors (Lipinski definition) is 5. The van der Waals surface area contributed by atoms with Gasteiger partial charge in [0.15, 0.2) is 0 Å². The van der Waals surface area contributed by atoms with E-state index in [1.807, 2.05) is 24.3 Å². The second-order valence-corrected chi connectivity index (χ2v) is 7.73. The molecule has 3 rings (SSSR count). The fourth-order valence-corrected chi connectivity index (χ4v) is 3.54. The molecule has 2 aromatic rings. The van der Waals surface area contributed by atoms with Gasteiger partial charge in [-0.1, -0.05) is 18.2 Å². The Morgan fingerprint density at radius 2 is 1.84 bits per heavy atom. The highest BCUT2D eigenvalue weighted by molar-refractivity contribution is 5.76. The normalized spacial score (nSPS) is 20.4. The second-order valence-electron chi connectivity index (χ2n) is 7.73. The number of aliphatic hydroxyl groups excluding tert-OH is 2. The molecule has 0 saturated heterocycles. The van der Waals surface area contributed by atoms with Crippen LogP contribution in [0.1, 0.15) is 31.2 Å². The number of hydrogen-bond donors (Lipinski definition) is 2. The van der Waals surface area contributed by atoms with E-state index in [4.69, 9.17) is 9.47 Å². The Kier molecular flexibility index (Phi) is 8.67. The summed E-state index contributed by atoms with van der Waals surface area (Å²) < 4.78 is 24.2. The van der Waals surface area contributed by atoms with Gasteiger partial charge in [-0.2, -0.15) is 0 Å². The lowest BCUT2D eigenvalue weighted by atomic mass is 10.1. The molecule has 168 valence electrons. The zero-order valence-corrected chi connectivity index (χ0v) is 17.6. The topological polar surface area (TPSA) is 79.2 Å². The Morgan fingerprint density at radius 1 is 1.06 bits per heavy atom. The minimum atomic E-state index is -1.03. The average molecular weight is 432 g/mol. The summed E-state index contributed by atoms with van der Waals surface area (Å²) in [6.45, 7) is 1.10. The Hall–Kier alpha value is -2.64. The molecule has 0 radical (unpaired) electrons. The van der Waals surface area contributed by atoms with E-state index in [0.717, 1.165) is 30.6 Å². The van der Waals surface area contributed by atoms with E-state index in [2.05, 4.69) is 0 Å². The van der Waals surface area contributed by atoms with Gasteiger partial charge in [0, 0.05) is 13.1 Å². The van der Waals surface area contributed by atoms with Gasteiger partial charge in [0.05, 0.1) is 19.1 Å². The van der Waals surface area contributed by atoms with E-state index in [0.29, 0.717) is 18.8 Å². The third kappa shape index (κ3) is 7.22. The van der Waals surface area contributed by atoms with Gasteiger partial charge in [0.25, 0.3) is 0 Å². The predicted octanol–water partition coefficient (Wildman–Crippen LogP) is 2.95. The highest BCUT2D eigenvalue weighted by atomic mass is 19.1. The van der Waals surface area contributed by atoms with Gasteiger partial charge in [-0.05, 0) is 61.6 Å². The molecular formula is C24H30FNO5. The van der Waals surface area contributed by atoms with Gasteiger partial charge in [0.2, 0.25) is 5.91 Å². The summed E-state index contributed by atoms with van der Waals surface area (Å²) in [5, 5.41) is 20.5. The van der Waals surface area contributed by atoms with Crippen molar-refractivity contribution in [2.24, 2.45) is 0 Å². The number of para-hydroxylation sites is 1. The number of amides is 1. The van der Waals surface area contributed by atoms with E-state index in [-0.39, 0.29) is 37.8 Å². The van der Waals surface area contributed by atoms with Crippen molar-refractivity contribution < 1.29 is 28.9 Å². The van der Waals surface area contributed by atoms with Gasteiger partial charge in [-0.25, -0.2) is 4.39 Å². The van der Waals surface area contributed by atoms with Crippen molar-refractivity contribution in [3.05, 3.63) is 59.9 Å². The molecule has 2 atom stereocenters. The molecule has 1 aliphatic heterocycles. The van der Waals surface area contributed by atoms with Crippen LogP contribution in [-0.2, 0) is 11.2 Å². The smallest absolute Gasteiger partial charge is 0.225 e. The number of aliphatic hydroxyl groups is 2. The minimum absolute atomic E-state index is 0.00234. The van der Waals surface area contributed by atoms with Crippen molar-refractivity contribution in [3.8, 4) is 11.5 Å². The Balaban J connectivity index is 1.57. The lowest BCUT2D eigenvalue weighted by Gasteiger charge is -2.25. The number of benzene rings is 2. The zero-order chi connectivity index (χ0) is 22.1. The van der Waals surface area contributed by atoms with E-state index < -0.39 is 12.2 Å². The lowest BCUT2D eigenvalue weighted by Crippen LogP contribution is -2.38. The van der Waals surface area contributed by atoms with E-state index in [1.54, 1.807) is 4.90 Å². The van der Waals surface area contributed by atoms with Crippen molar-refractivity contribution in [3.63, 3.8) is 0 Å². The van der Waals surface area contributed by atoms with Crippen molar-refractivity contribution in [2.75, 3.05) is 26.3 Å². The van der Waals surface area contributed by atoms with Crippen molar-refractivity contribution in [1.29, 1.82) is 0 Å². The van der Waals surface area contributed by atoms with E-state index >= 15 is 0 Å². The van der Waals surface area contributed by atoms with Crippen molar-refractivity contribution in [2.45, 2.75) is 44.3 Å². The Labute approximate surface area is 182 Å². The van der Waals surface area contributed by atoms with Gasteiger partial charge in [-0.15, -0.1) is 0 Å². The van der Waals surface area contributed by atoms with Crippen LogP contribution < -0.4 is 9.47 Å². The van der Waals surface area contributed by atoms with Crippen LogP contribution in [0.25, 0.3) is 0 Å². The molecule has 0 fully saturated rings. The monoisotopic (exact) mass is 431 g/mol. The molecule has 0 saturated carbocycles. The molecule has 1 aliphatic rings. The lowest BCUT2D eigenvalue weighted by molar-refractivity contribution is -0.132. The summed E-state index contributed by atoms with van der Waals surface area (Å²) in [7, 11) is 0. The number of carbonyl (C=O) groups excluding carboxylic acids is 1. The standard InChI is InChI=1S/C24H30FNO5/c25-19-8-10-20(11-9-19)30-16-13-24(29)26-14-4-3-6-18-5-1-2-7-23(18)31-17-22(28)21(27)12-15-26/h1-2,5,7-11,21-22,27-28H,3-4,6,12-17H2/t21-,22+/m0/s1. The first-order chi connectivity index (χ1) is 15.0. The van der Waals surface area contributed by atoms with Crippen LogP contribution in [0.2, 0.25) is 0 Å². The number of ether oxygens (including phenoxy) is 2. The van der Waals surface area contributed by atoms with Crippen LogP contribution in [0.15, 0.2) is 48.5 Å². The van der Waals surface area contributed by atoms with Crippen LogP contribution in [0.3, 0.4) is 0 Å². The van der Waals surface area contributed by atoms with E-state index in [9.17, 15) is 19.4 Å². The molecule has 0 spiro atoms. The minimum Gasteiger partial charge on any atom is -0.493 e. The number of nitrogens with zero attached hydrogens (tertiary/aromatic N) is 1. The van der Waals surface area contributed by atoms with Gasteiger partial charge >= 0.3 is 0 Å². The van der Waals surface area contributed by atoms with Crippen molar-refractivity contribution in [1.82, 2.24) is 4.90 Å². The Morgan fingerprint density at radius 3 is 2.65 bits per heavy atom. The first-order valence-electron chi connectivity index (χ1n) is 10.8. The average Bonchev–Trinajstić information content (AvgIpc) is 2.79. The van der Waals surface area contributed by atoms with Crippen LogP contribution >= 0.6 is 0 Å². The molecule has 2 aromatic carbocycles. The van der Waals surface area contributed by atoms with Crippen LogP contribution in [0.4, 0.5) is 4.39 Å². The molecule has 1 heterocycles. The summed E-state index contributed by atoms with van der Waals surface area (Å²) in [6.07, 6.45) is 0.938. The molecule has 1 amide bonds. The third-order valence-electron chi connectivity index (χ3n) is 5.40. The number of carbonyl (C=O) groups is 1. The molecule has 31 heavy (non-hydrogen) atoms. The maximum absolute atomic E-state index is 13.0. The van der Waals surface area contributed by atoms with Gasteiger partial charge in [0.1, 0.15) is 30.0 Å². The second kappa shape index (κ2) is 11.7. The summed E-state index contributed by atoms with van der Waals surface area (Å²) in [5.74, 6) is 0.817. The van der Waals surface area contributed by atoms with Crippen LogP contribution in [-0.4, -0.2) is 59.5 Å². The quantitative estimate of drug-likeness (QED) is 0.778. The molecule has 6 nitrogen and oxygen atoms in total. The maximum atomic E-state index is 13.0. The van der Waals surface area contributed by atoms with E-state index in [1.165, 1.54) is 24.3 Å². The van der Waals surface area contributed by atoms with Gasteiger partial charge in [-0.3, -0.25) is 4.79 Å². The first-order valence-corrected chi connectivity index (χ1v) is 10.8. The molecule has 2 N–H and O–H groups in total. The highest BCUT2D eigenvalue weighted by Gasteiger charge is 2.21. The predicted molar refractivity (Wildman–Crippen MR) is 115 cm³/mol.